The summed E-state index contributed by atoms with van der Waals surface area (Å²) in [5, 5.41) is 0. The van der Waals surface area contributed by atoms with Crippen LogP contribution in [-0.4, -0.2) is 0 Å². The third-order valence-electron chi connectivity index (χ3n) is 6.93. The molecule has 0 aliphatic heterocycles. The molecule has 3 rings (SSSR count). The number of benzene rings is 2. The molecule has 1 fully saturated rings. The molecular weight excluding hydrogens is 409 g/mol. The van der Waals surface area contributed by atoms with Gasteiger partial charge in [-0.1, -0.05) is 101 Å². The van der Waals surface area contributed by atoms with Gasteiger partial charge in [-0.25, -0.2) is 13.2 Å². The van der Waals surface area contributed by atoms with Crippen molar-refractivity contribution in [3.05, 3.63) is 65.5 Å². The summed E-state index contributed by atoms with van der Waals surface area (Å²) in [4.78, 5) is 0. The zero-order valence-corrected chi connectivity index (χ0v) is 19.3. The van der Waals surface area contributed by atoms with Crippen molar-refractivity contribution in [3.63, 3.8) is 0 Å². The van der Waals surface area contributed by atoms with Gasteiger partial charge in [0, 0.05) is 12.1 Å². The number of ether oxygens (including phenoxy) is 1. The molecule has 0 amide bonds. The maximum Gasteiger partial charge on any atom is 0.194 e. The summed E-state index contributed by atoms with van der Waals surface area (Å²) in [6, 6.07) is 11.6. The number of halogens is 3. The normalized spacial score (nSPS) is 19.6. The van der Waals surface area contributed by atoms with Crippen LogP contribution in [0.15, 0.2) is 42.5 Å². The fraction of sp³-hybridized carbons (Fsp3) is 0.571. The fourth-order valence-electron chi connectivity index (χ4n) is 4.96. The second-order valence-corrected chi connectivity index (χ2v) is 9.39. The van der Waals surface area contributed by atoms with Gasteiger partial charge in [0.25, 0.3) is 0 Å². The molecule has 1 saturated carbocycles. The van der Waals surface area contributed by atoms with Crippen molar-refractivity contribution in [2.45, 2.75) is 90.1 Å². The van der Waals surface area contributed by atoms with E-state index in [2.05, 4.69) is 6.92 Å². The summed E-state index contributed by atoms with van der Waals surface area (Å²) in [5.41, 5.74) is 0.971. The van der Waals surface area contributed by atoms with Crippen LogP contribution in [-0.2, 0) is 0 Å². The molecule has 4 heteroatoms. The Labute approximate surface area is 191 Å². The van der Waals surface area contributed by atoms with Gasteiger partial charge >= 0.3 is 0 Å². The first-order valence-corrected chi connectivity index (χ1v) is 12.4. The van der Waals surface area contributed by atoms with E-state index >= 15 is 0 Å². The molecule has 0 N–H and O–H groups in total. The molecule has 1 aliphatic carbocycles. The van der Waals surface area contributed by atoms with E-state index in [0.717, 1.165) is 36.5 Å². The van der Waals surface area contributed by atoms with Crippen LogP contribution in [0.4, 0.5) is 13.2 Å². The quantitative estimate of drug-likeness (QED) is 0.233. The van der Waals surface area contributed by atoms with Gasteiger partial charge in [0.05, 0.1) is 0 Å². The maximum absolute atomic E-state index is 13.7. The average Bonchev–Trinajstić information content (AvgIpc) is 2.81. The topological polar surface area (TPSA) is 9.23 Å². The maximum atomic E-state index is 13.7. The van der Waals surface area contributed by atoms with Gasteiger partial charge in [0.2, 0.25) is 0 Å². The SMILES string of the molecule is CCCCCCC[C@H]1CC[C@H](CCC(Oc2cc(F)c(F)c(F)c2)c2ccccc2)CC1. The number of hydrogen-bond donors (Lipinski definition) is 0. The van der Waals surface area contributed by atoms with Gasteiger partial charge in [0.15, 0.2) is 17.5 Å². The lowest BCUT2D eigenvalue weighted by Crippen LogP contribution is -2.17. The zero-order chi connectivity index (χ0) is 22.8. The summed E-state index contributed by atoms with van der Waals surface area (Å²) in [6.07, 6.45) is 14.7. The lowest BCUT2D eigenvalue weighted by molar-refractivity contribution is 0.166. The summed E-state index contributed by atoms with van der Waals surface area (Å²) in [6.45, 7) is 2.25. The third-order valence-corrected chi connectivity index (χ3v) is 6.93. The summed E-state index contributed by atoms with van der Waals surface area (Å²) >= 11 is 0. The molecule has 176 valence electrons. The lowest BCUT2D eigenvalue weighted by atomic mass is 9.77. The van der Waals surface area contributed by atoms with E-state index in [1.54, 1.807) is 0 Å². The van der Waals surface area contributed by atoms with Crippen molar-refractivity contribution < 1.29 is 17.9 Å². The van der Waals surface area contributed by atoms with Gasteiger partial charge in [-0.05, 0) is 30.2 Å². The molecule has 2 aromatic rings. The van der Waals surface area contributed by atoms with Crippen molar-refractivity contribution in [1.29, 1.82) is 0 Å². The van der Waals surface area contributed by atoms with Gasteiger partial charge in [-0.15, -0.1) is 0 Å². The molecule has 1 aliphatic rings. The lowest BCUT2D eigenvalue weighted by Gasteiger charge is -2.30. The summed E-state index contributed by atoms with van der Waals surface area (Å²) < 4.78 is 46.6. The molecule has 1 nitrogen and oxygen atoms in total. The standard InChI is InChI=1S/C28H37F3O/c1-2-3-4-5-7-10-21-13-15-22(16-14-21)17-18-27(23-11-8-6-9-12-23)32-24-19-25(29)28(31)26(30)20-24/h6,8-9,11-12,19-22,27H,2-5,7,10,13-18H2,1H3/t21-,22-,27?. The van der Waals surface area contributed by atoms with Crippen molar-refractivity contribution in [2.24, 2.45) is 11.8 Å². The van der Waals surface area contributed by atoms with Crippen LogP contribution in [0, 0.1) is 29.3 Å². The summed E-state index contributed by atoms with van der Waals surface area (Å²) in [7, 11) is 0. The second-order valence-electron chi connectivity index (χ2n) is 9.39. The van der Waals surface area contributed by atoms with E-state index in [1.807, 2.05) is 30.3 Å². The molecule has 0 heterocycles. The minimum absolute atomic E-state index is 0.0297. The fourth-order valence-corrected chi connectivity index (χ4v) is 4.96. The number of rotatable bonds is 12. The molecule has 0 saturated heterocycles. The summed E-state index contributed by atoms with van der Waals surface area (Å²) in [5.74, 6) is -2.33. The highest BCUT2D eigenvalue weighted by Gasteiger charge is 2.23. The Kier molecular flexibility index (Phi) is 9.95. The predicted molar refractivity (Wildman–Crippen MR) is 124 cm³/mol. The van der Waals surface area contributed by atoms with Crippen LogP contribution >= 0.6 is 0 Å². The van der Waals surface area contributed by atoms with E-state index in [0.29, 0.717) is 5.92 Å². The van der Waals surface area contributed by atoms with E-state index in [-0.39, 0.29) is 11.9 Å². The van der Waals surface area contributed by atoms with Gasteiger partial charge < -0.3 is 4.74 Å². The Morgan fingerprint density at radius 3 is 2.03 bits per heavy atom. The minimum atomic E-state index is -1.46. The van der Waals surface area contributed by atoms with Crippen molar-refractivity contribution in [3.8, 4) is 5.75 Å². The Morgan fingerprint density at radius 2 is 1.41 bits per heavy atom. The molecule has 1 unspecified atom stereocenters. The molecule has 0 bridgehead atoms. The van der Waals surface area contributed by atoms with Gasteiger partial charge in [-0.3, -0.25) is 0 Å². The molecule has 2 aromatic carbocycles. The van der Waals surface area contributed by atoms with E-state index in [9.17, 15) is 13.2 Å². The molecule has 0 aromatic heterocycles. The Balaban J connectivity index is 1.51. The van der Waals surface area contributed by atoms with Crippen molar-refractivity contribution in [2.75, 3.05) is 0 Å². The Hall–Kier alpha value is -1.97. The molecular formula is C28H37F3O. The van der Waals surface area contributed by atoms with E-state index < -0.39 is 17.5 Å². The molecule has 1 atom stereocenters. The van der Waals surface area contributed by atoms with Crippen LogP contribution < -0.4 is 4.74 Å². The van der Waals surface area contributed by atoms with E-state index in [1.165, 1.54) is 64.2 Å². The first-order chi connectivity index (χ1) is 15.6. The first-order valence-electron chi connectivity index (χ1n) is 12.4. The highest BCUT2D eigenvalue weighted by atomic mass is 19.2. The second kappa shape index (κ2) is 12.9. The first kappa shape index (κ1) is 24.7. The minimum Gasteiger partial charge on any atom is -0.486 e. The van der Waals surface area contributed by atoms with E-state index in [4.69, 9.17) is 4.74 Å². The largest absolute Gasteiger partial charge is 0.486 e. The third kappa shape index (κ3) is 7.56. The van der Waals surface area contributed by atoms with Crippen LogP contribution in [0.1, 0.15) is 95.6 Å². The average molecular weight is 447 g/mol. The van der Waals surface area contributed by atoms with Crippen LogP contribution in [0.3, 0.4) is 0 Å². The molecule has 0 radical (unpaired) electrons. The Bertz CT molecular complexity index is 777. The van der Waals surface area contributed by atoms with Gasteiger partial charge in [0.1, 0.15) is 11.9 Å². The number of hydrogen-bond acceptors (Lipinski definition) is 1. The van der Waals surface area contributed by atoms with Crippen molar-refractivity contribution in [1.82, 2.24) is 0 Å². The molecule has 32 heavy (non-hydrogen) atoms. The molecule has 0 spiro atoms. The van der Waals surface area contributed by atoms with Crippen molar-refractivity contribution >= 4 is 0 Å². The zero-order valence-electron chi connectivity index (χ0n) is 19.3. The van der Waals surface area contributed by atoms with Crippen LogP contribution in [0.5, 0.6) is 5.75 Å². The van der Waals surface area contributed by atoms with Crippen LogP contribution in [0.2, 0.25) is 0 Å². The number of unbranched alkanes of at least 4 members (excludes halogenated alkanes) is 4. The highest BCUT2D eigenvalue weighted by molar-refractivity contribution is 5.27. The monoisotopic (exact) mass is 446 g/mol. The van der Waals surface area contributed by atoms with Gasteiger partial charge in [-0.2, -0.15) is 0 Å². The Morgan fingerprint density at radius 1 is 0.812 bits per heavy atom. The predicted octanol–water partition coefficient (Wildman–Crippen LogP) is 9.17. The highest BCUT2D eigenvalue weighted by Crippen LogP contribution is 2.37. The smallest absolute Gasteiger partial charge is 0.194 e. The van der Waals surface area contributed by atoms with Crippen LogP contribution in [0.25, 0.3) is 0 Å².